The molecule has 14 nitrogen and oxygen atoms in total. The van der Waals surface area contributed by atoms with Gasteiger partial charge < -0.3 is 50.5 Å². The van der Waals surface area contributed by atoms with Crippen LogP contribution in [0.25, 0.3) is 33.4 Å². The van der Waals surface area contributed by atoms with Gasteiger partial charge in [-0.15, -0.1) is 0 Å². The topological polar surface area (TPSA) is 221 Å². The number of nitrogens with zero attached hydrogens (tertiary/aromatic N) is 1. The van der Waals surface area contributed by atoms with Crippen LogP contribution in [0.1, 0.15) is 56.0 Å². The van der Waals surface area contributed by atoms with Gasteiger partial charge in [-0.3, -0.25) is 9.36 Å². The minimum absolute atomic E-state index is 0.0196. The van der Waals surface area contributed by atoms with Crippen LogP contribution in [0.3, 0.4) is 0 Å². The average molecular weight is 794 g/mol. The normalized spacial score (nSPS) is 18.1. The van der Waals surface area contributed by atoms with Crippen LogP contribution < -0.4 is 27.5 Å². The second-order valence-corrected chi connectivity index (χ2v) is 15.7. The molecule has 1 unspecified atom stereocenters. The number of thiocarbonyl (C=S) groups is 1. The molecule has 5 rings (SSSR count). The Labute approximate surface area is 324 Å². The van der Waals surface area contributed by atoms with Gasteiger partial charge in [0, 0.05) is 52.5 Å². The molecule has 1 heterocycles. The minimum Gasteiger partial charge on any atom is -0.478 e. The number of carbonyl (C=O) groups is 1. The molecule has 0 spiro atoms. The van der Waals surface area contributed by atoms with E-state index in [4.69, 9.17) is 42.1 Å². The number of fused-ring (bicyclic) bond motifs is 2. The highest BCUT2D eigenvalue weighted by Crippen LogP contribution is 2.55. The summed E-state index contributed by atoms with van der Waals surface area (Å²) in [6.07, 6.45) is 2.93. The van der Waals surface area contributed by atoms with Crippen LogP contribution in [0.5, 0.6) is 0 Å². The fourth-order valence-electron chi connectivity index (χ4n) is 6.56. The zero-order valence-corrected chi connectivity index (χ0v) is 33.0. The van der Waals surface area contributed by atoms with Crippen molar-refractivity contribution in [2.45, 2.75) is 65.2 Å². The van der Waals surface area contributed by atoms with Gasteiger partial charge in [0.1, 0.15) is 11.3 Å². The van der Waals surface area contributed by atoms with Crippen molar-refractivity contribution >= 4 is 53.5 Å². The monoisotopic (exact) mass is 793 g/mol. The summed E-state index contributed by atoms with van der Waals surface area (Å²) >= 11 is 5.44. The number of hydrogen-bond donors (Lipinski definition) is 6. The highest BCUT2D eigenvalue weighted by molar-refractivity contribution is 7.80. The van der Waals surface area contributed by atoms with Crippen molar-refractivity contribution in [3.63, 3.8) is 0 Å². The quantitative estimate of drug-likeness (QED) is 0.0185. The molecule has 294 valence electrons. The Kier molecular flexibility index (Phi) is 13.8. The maximum atomic E-state index is 13.3. The summed E-state index contributed by atoms with van der Waals surface area (Å²) in [6, 6.07) is 14.6. The fourth-order valence-corrected chi connectivity index (χ4v) is 8.02. The Morgan fingerprint density at radius 1 is 1.07 bits per heavy atom. The van der Waals surface area contributed by atoms with Gasteiger partial charge in [-0.05, 0) is 79.5 Å². The predicted molar refractivity (Wildman–Crippen MR) is 218 cm³/mol. The van der Waals surface area contributed by atoms with Crippen LogP contribution >= 0.6 is 19.8 Å². The van der Waals surface area contributed by atoms with Crippen molar-refractivity contribution in [1.82, 2.24) is 5.32 Å². The molecule has 0 amide bonds. The number of guanidine groups is 1. The molecule has 0 bridgehead atoms. The van der Waals surface area contributed by atoms with Gasteiger partial charge in [-0.1, -0.05) is 39.0 Å². The molecule has 0 saturated carbocycles. The number of benzene rings is 3. The molecular formula is C39H48N5O9PS. The summed E-state index contributed by atoms with van der Waals surface area (Å²) < 4.78 is 36.6. The van der Waals surface area contributed by atoms with Crippen LogP contribution in [0.4, 0.5) is 5.69 Å². The summed E-state index contributed by atoms with van der Waals surface area (Å²) in [5, 5.41) is 17.4. The molecule has 1 aliphatic heterocycles. The zero-order chi connectivity index (χ0) is 39.9. The van der Waals surface area contributed by atoms with Gasteiger partial charge >= 0.3 is 13.6 Å². The molecular weight excluding hydrogens is 745 g/mol. The van der Waals surface area contributed by atoms with Crippen molar-refractivity contribution in [3.05, 3.63) is 87.3 Å². The maximum Gasteiger partial charge on any atom is 0.354 e. The zero-order valence-electron chi connectivity index (χ0n) is 31.2. The van der Waals surface area contributed by atoms with Crippen LogP contribution in [-0.2, 0) is 18.6 Å². The van der Waals surface area contributed by atoms with E-state index in [9.17, 15) is 24.2 Å². The number of nitrogens with one attached hydrogen (secondary N) is 2. The molecule has 4 atom stereocenters. The summed E-state index contributed by atoms with van der Waals surface area (Å²) in [5.74, 6) is -1.01. The second-order valence-electron chi connectivity index (χ2n) is 13.4. The first-order chi connectivity index (χ1) is 26.2. The maximum absolute atomic E-state index is 13.3. The number of anilines is 1. The summed E-state index contributed by atoms with van der Waals surface area (Å²) in [5.41, 5.74) is 14.7. The number of hydrogen-bond acceptors (Lipinski definition) is 9. The number of carboxylic acid groups (broad SMARTS) is 1. The first-order valence-electron chi connectivity index (χ1n) is 18.1. The predicted octanol–water partition coefficient (Wildman–Crippen LogP) is 6.22. The van der Waals surface area contributed by atoms with Gasteiger partial charge in [-0.25, -0.2) is 9.79 Å². The Bertz CT molecular complexity index is 2170. The molecule has 0 aromatic heterocycles. The number of aromatic carboxylic acids is 1. The molecule has 2 aromatic rings. The van der Waals surface area contributed by atoms with Crippen molar-refractivity contribution in [2.75, 3.05) is 31.7 Å². The lowest BCUT2D eigenvalue weighted by Crippen LogP contribution is -2.38. The lowest BCUT2D eigenvalue weighted by Gasteiger charge is -2.35. The summed E-state index contributed by atoms with van der Waals surface area (Å²) in [7, 11) is -4.20. The molecule has 0 radical (unpaired) electrons. The third kappa shape index (κ3) is 10.4. The molecule has 2 aliphatic carbocycles. The van der Waals surface area contributed by atoms with E-state index >= 15 is 0 Å². The molecule has 0 fully saturated rings. The van der Waals surface area contributed by atoms with Gasteiger partial charge in [0.05, 0.1) is 43.6 Å². The van der Waals surface area contributed by atoms with Crippen LogP contribution in [0, 0.1) is 12.8 Å². The average Bonchev–Trinajstić information content (AvgIpc) is 3.13. The highest BCUT2D eigenvalue weighted by atomic mass is 32.1. The molecule has 55 heavy (non-hydrogen) atoms. The molecule has 16 heteroatoms. The third-order valence-corrected chi connectivity index (χ3v) is 11.3. The van der Waals surface area contributed by atoms with Gasteiger partial charge in [0.15, 0.2) is 16.5 Å². The largest absolute Gasteiger partial charge is 0.478 e. The smallest absolute Gasteiger partial charge is 0.354 e. The van der Waals surface area contributed by atoms with Gasteiger partial charge in [0.2, 0.25) is 0 Å². The highest BCUT2D eigenvalue weighted by Gasteiger charge is 2.38. The number of rotatable bonds is 16. The first kappa shape index (κ1) is 41.5. The van der Waals surface area contributed by atoms with E-state index in [1.54, 1.807) is 24.3 Å². The molecule has 2 aromatic carbocycles. The van der Waals surface area contributed by atoms with Crippen molar-refractivity contribution < 1.29 is 37.8 Å². The SMILES string of the molecule is CCC(CC)O[C@@H]1C=C(P(=O)(O)OCCOCCNC(=S)Nc2ccc(-c3c4ccc(=O)cc-4oc4cc(C)ccc34)c(C(=O)O)c2)C[C@H](N=C(N)N)[C@H]1C. The first-order valence-corrected chi connectivity index (χ1v) is 20.1. The number of ether oxygens (including phenoxy) is 2. The van der Waals surface area contributed by atoms with E-state index in [0.717, 1.165) is 18.4 Å². The Morgan fingerprint density at radius 2 is 1.82 bits per heavy atom. The van der Waals surface area contributed by atoms with E-state index < -0.39 is 25.7 Å². The minimum atomic E-state index is -4.20. The third-order valence-electron chi connectivity index (χ3n) is 9.49. The molecule has 3 aliphatic rings. The van der Waals surface area contributed by atoms with Gasteiger partial charge in [-0.2, -0.15) is 0 Å². The number of carboxylic acids is 1. The summed E-state index contributed by atoms with van der Waals surface area (Å²) in [4.78, 5) is 39.9. The number of aliphatic imine (C=N–C) groups is 1. The lowest BCUT2D eigenvalue weighted by atomic mass is 9.88. The van der Waals surface area contributed by atoms with Crippen molar-refractivity contribution in [1.29, 1.82) is 0 Å². The van der Waals surface area contributed by atoms with Crippen LogP contribution in [0.15, 0.2) is 80.2 Å². The number of nitrogens with two attached hydrogens (primary N) is 2. The fraction of sp³-hybridized carbons (Fsp3) is 0.385. The van der Waals surface area contributed by atoms with E-state index in [1.807, 2.05) is 45.9 Å². The molecule has 8 N–H and O–H groups in total. The Morgan fingerprint density at radius 3 is 2.53 bits per heavy atom. The van der Waals surface area contributed by atoms with Crippen LogP contribution in [0.2, 0.25) is 0 Å². The lowest BCUT2D eigenvalue weighted by molar-refractivity contribution is -0.0243. The summed E-state index contributed by atoms with van der Waals surface area (Å²) in [6.45, 7) is 8.30. The standard InChI is InChI=1S/C39H48N5O9PS/c1-5-26(6-2)52-33-21-27(20-32(23(33)4)44-38(40)41)54(48,49)51-16-15-50-14-13-42-39(55)43-24-8-11-28(31(18-24)37(46)47)36-29-10-7-22(3)17-34(29)53-35-19-25(45)9-12-30(35)36/h7-12,17-19,21,23,26,32-33H,5-6,13-16,20H2,1-4H3,(H,46,47)(H,48,49)(H4,40,41,44)(H2,42,43,55)/t23-,32+,33-/m1/s1. The van der Waals surface area contributed by atoms with Crippen molar-refractivity contribution in [2.24, 2.45) is 22.4 Å². The second kappa shape index (κ2) is 18.3. The Balaban J connectivity index is 1.16. The Hall–Kier alpha value is -4.63. The number of aryl methyl sites for hydroxylation is 1. The van der Waals surface area contributed by atoms with E-state index in [-0.39, 0.29) is 72.2 Å². The van der Waals surface area contributed by atoms with Crippen LogP contribution in [-0.4, -0.2) is 71.7 Å². The molecule has 0 saturated heterocycles. The van der Waals surface area contributed by atoms with Crippen molar-refractivity contribution in [3.8, 4) is 22.5 Å². The van der Waals surface area contributed by atoms with Gasteiger partial charge in [0.25, 0.3) is 0 Å². The van der Waals surface area contributed by atoms with E-state index in [1.165, 1.54) is 18.2 Å². The van der Waals surface area contributed by atoms with E-state index in [2.05, 4.69) is 15.6 Å². The van der Waals surface area contributed by atoms with E-state index in [0.29, 0.717) is 39.1 Å².